The Morgan fingerprint density at radius 2 is 1.90 bits per heavy atom. The molecule has 0 saturated carbocycles. The number of nitrogens with zero attached hydrogens (tertiary/aromatic N) is 1. The second-order valence-electron chi connectivity index (χ2n) is 4.14. The molecule has 0 aliphatic heterocycles. The van der Waals surface area contributed by atoms with Gasteiger partial charge in [-0.2, -0.15) is 0 Å². The van der Waals surface area contributed by atoms with Crippen LogP contribution in [0, 0.1) is 3.57 Å². The molecule has 0 fully saturated rings. The van der Waals surface area contributed by atoms with Crippen molar-refractivity contribution in [3.63, 3.8) is 0 Å². The van der Waals surface area contributed by atoms with Crippen LogP contribution in [0.3, 0.4) is 0 Å². The lowest BCUT2D eigenvalue weighted by molar-refractivity contribution is -0.143. The molecule has 5 nitrogen and oxygen atoms in total. The number of hydrogen-bond donors (Lipinski definition) is 1. The smallest absolute Gasteiger partial charge is 0.325 e. The van der Waals surface area contributed by atoms with E-state index in [1.165, 1.54) is 0 Å². The standard InChI is InChI=1S/C15H13IN2O3/c16-13-7-2-1-6-12(13)15(20)18-9-14(19)21-10-11-5-3-4-8-17-11/h1-8H,9-10H2,(H,18,20). The number of aromatic nitrogens is 1. The number of esters is 1. The van der Waals surface area contributed by atoms with Gasteiger partial charge in [-0.3, -0.25) is 14.6 Å². The molecule has 0 aliphatic rings. The molecule has 0 bridgehead atoms. The molecule has 1 amide bonds. The summed E-state index contributed by atoms with van der Waals surface area (Å²) in [4.78, 5) is 27.5. The summed E-state index contributed by atoms with van der Waals surface area (Å²) in [5.41, 5.74) is 1.20. The minimum absolute atomic E-state index is 0.0957. The Hall–Kier alpha value is -1.96. The van der Waals surface area contributed by atoms with Crippen LogP contribution in [-0.2, 0) is 16.1 Å². The quantitative estimate of drug-likeness (QED) is 0.622. The van der Waals surface area contributed by atoms with Gasteiger partial charge in [0.1, 0.15) is 13.2 Å². The molecular formula is C15H13IN2O3. The molecule has 1 N–H and O–H groups in total. The van der Waals surface area contributed by atoms with Crippen LogP contribution < -0.4 is 5.32 Å². The van der Waals surface area contributed by atoms with Gasteiger partial charge in [-0.25, -0.2) is 0 Å². The van der Waals surface area contributed by atoms with E-state index in [0.717, 1.165) is 3.57 Å². The molecule has 0 unspecified atom stereocenters. The molecular weight excluding hydrogens is 383 g/mol. The number of carbonyl (C=O) groups is 2. The SMILES string of the molecule is O=C(CNC(=O)c1ccccc1I)OCc1ccccn1. The Balaban J connectivity index is 1.79. The van der Waals surface area contributed by atoms with Gasteiger partial charge in [-0.15, -0.1) is 0 Å². The molecule has 0 aliphatic carbocycles. The first-order chi connectivity index (χ1) is 10.2. The Morgan fingerprint density at radius 3 is 2.62 bits per heavy atom. The molecule has 1 aromatic heterocycles. The summed E-state index contributed by atoms with van der Waals surface area (Å²) in [5, 5.41) is 2.54. The lowest BCUT2D eigenvalue weighted by Crippen LogP contribution is -2.31. The van der Waals surface area contributed by atoms with Gasteiger partial charge in [0, 0.05) is 9.77 Å². The topological polar surface area (TPSA) is 68.3 Å². The highest BCUT2D eigenvalue weighted by Gasteiger charge is 2.11. The van der Waals surface area contributed by atoms with Crippen molar-refractivity contribution in [3.8, 4) is 0 Å². The molecule has 2 rings (SSSR count). The van der Waals surface area contributed by atoms with Gasteiger partial charge in [0.15, 0.2) is 0 Å². The highest BCUT2D eigenvalue weighted by atomic mass is 127. The van der Waals surface area contributed by atoms with Crippen LogP contribution in [0.2, 0.25) is 0 Å². The van der Waals surface area contributed by atoms with Gasteiger partial charge in [0.25, 0.3) is 5.91 Å². The molecule has 6 heteroatoms. The minimum atomic E-state index is -0.500. The van der Waals surface area contributed by atoms with Crippen LogP contribution in [0.15, 0.2) is 48.7 Å². The van der Waals surface area contributed by atoms with E-state index in [2.05, 4.69) is 32.9 Å². The van der Waals surface area contributed by atoms with E-state index in [4.69, 9.17) is 4.74 Å². The highest BCUT2D eigenvalue weighted by molar-refractivity contribution is 14.1. The number of ether oxygens (including phenoxy) is 1. The van der Waals surface area contributed by atoms with Gasteiger partial charge >= 0.3 is 5.97 Å². The number of amides is 1. The third kappa shape index (κ3) is 4.82. The van der Waals surface area contributed by atoms with Crippen molar-refractivity contribution in [2.24, 2.45) is 0 Å². The van der Waals surface area contributed by atoms with Crippen LogP contribution in [0.5, 0.6) is 0 Å². The molecule has 0 radical (unpaired) electrons. The molecule has 0 atom stereocenters. The van der Waals surface area contributed by atoms with Gasteiger partial charge < -0.3 is 10.1 Å². The van der Waals surface area contributed by atoms with E-state index in [9.17, 15) is 9.59 Å². The van der Waals surface area contributed by atoms with E-state index in [1.807, 2.05) is 18.2 Å². The lowest BCUT2D eigenvalue weighted by Gasteiger charge is -2.07. The summed E-state index contributed by atoms with van der Waals surface area (Å²) < 4.78 is 5.85. The second-order valence-corrected chi connectivity index (χ2v) is 5.31. The third-order valence-corrected chi connectivity index (χ3v) is 3.56. The number of nitrogens with one attached hydrogen (secondary N) is 1. The zero-order valence-corrected chi connectivity index (χ0v) is 13.2. The fourth-order valence-corrected chi connectivity index (χ4v) is 2.21. The van der Waals surface area contributed by atoms with Crippen molar-refractivity contribution in [3.05, 3.63) is 63.5 Å². The number of halogens is 1. The van der Waals surface area contributed by atoms with Crippen molar-refractivity contribution in [2.75, 3.05) is 6.54 Å². The van der Waals surface area contributed by atoms with Crippen molar-refractivity contribution in [2.45, 2.75) is 6.61 Å². The summed E-state index contributed by atoms with van der Waals surface area (Å²) in [6.07, 6.45) is 1.63. The predicted octanol–water partition coefficient (Wildman–Crippen LogP) is 2.16. The minimum Gasteiger partial charge on any atom is -0.458 e. The van der Waals surface area contributed by atoms with Crippen LogP contribution in [0.1, 0.15) is 16.1 Å². The monoisotopic (exact) mass is 396 g/mol. The van der Waals surface area contributed by atoms with Crippen LogP contribution >= 0.6 is 22.6 Å². The summed E-state index contributed by atoms with van der Waals surface area (Å²) in [7, 11) is 0. The largest absolute Gasteiger partial charge is 0.458 e. The van der Waals surface area contributed by atoms with Gasteiger partial charge in [0.05, 0.1) is 11.3 Å². The first kappa shape index (κ1) is 15.4. The Kier molecular flexibility index (Phi) is 5.68. The van der Waals surface area contributed by atoms with Crippen molar-refractivity contribution in [1.82, 2.24) is 10.3 Å². The number of rotatable bonds is 5. The fourth-order valence-electron chi connectivity index (χ4n) is 1.58. The van der Waals surface area contributed by atoms with Crippen LogP contribution in [-0.4, -0.2) is 23.4 Å². The van der Waals surface area contributed by atoms with Crippen molar-refractivity contribution >= 4 is 34.5 Å². The summed E-state index contributed by atoms with van der Waals surface area (Å²) >= 11 is 2.07. The molecule has 108 valence electrons. The summed E-state index contributed by atoms with van der Waals surface area (Å²) in [5.74, 6) is -0.797. The zero-order valence-electron chi connectivity index (χ0n) is 11.1. The molecule has 21 heavy (non-hydrogen) atoms. The lowest BCUT2D eigenvalue weighted by atomic mass is 10.2. The van der Waals surface area contributed by atoms with Crippen molar-refractivity contribution in [1.29, 1.82) is 0 Å². The Morgan fingerprint density at radius 1 is 1.14 bits per heavy atom. The number of hydrogen-bond acceptors (Lipinski definition) is 4. The number of pyridine rings is 1. The van der Waals surface area contributed by atoms with Crippen LogP contribution in [0.25, 0.3) is 0 Å². The maximum absolute atomic E-state index is 11.9. The molecule has 1 aromatic carbocycles. The van der Waals surface area contributed by atoms with Crippen molar-refractivity contribution < 1.29 is 14.3 Å². The Bertz CT molecular complexity index is 632. The van der Waals surface area contributed by atoms with Gasteiger partial charge in [-0.1, -0.05) is 18.2 Å². The maximum atomic E-state index is 11.9. The molecule has 2 aromatic rings. The molecule has 0 saturated heterocycles. The molecule has 1 heterocycles. The van der Waals surface area contributed by atoms with E-state index >= 15 is 0 Å². The maximum Gasteiger partial charge on any atom is 0.325 e. The zero-order chi connectivity index (χ0) is 15.1. The van der Waals surface area contributed by atoms with E-state index in [1.54, 1.807) is 30.5 Å². The summed E-state index contributed by atoms with van der Waals surface area (Å²) in [6, 6.07) is 12.5. The summed E-state index contributed by atoms with van der Waals surface area (Å²) in [6.45, 7) is -0.0743. The second kappa shape index (κ2) is 7.72. The third-order valence-electron chi connectivity index (χ3n) is 2.62. The van der Waals surface area contributed by atoms with E-state index < -0.39 is 5.97 Å². The number of benzene rings is 1. The van der Waals surface area contributed by atoms with Gasteiger partial charge in [-0.05, 0) is 46.9 Å². The average molecular weight is 396 g/mol. The number of carbonyl (C=O) groups excluding carboxylic acids is 2. The van der Waals surface area contributed by atoms with E-state index in [-0.39, 0.29) is 19.1 Å². The first-order valence-electron chi connectivity index (χ1n) is 6.25. The fraction of sp³-hybridized carbons (Fsp3) is 0.133. The first-order valence-corrected chi connectivity index (χ1v) is 7.33. The average Bonchev–Trinajstić information content (AvgIpc) is 2.52. The van der Waals surface area contributed by atoms with Gasteiger partial charge in [0.2, 0.25) is 0 Å². The Labute approximate surface area is 135 Å². The van der Waals surface area contributed by atoms with Crippen LogP contribution in [0.4, 0.5) is 0 Å². The normalized spacial score (nSPS) is 9.95. The predicted molar refractivity (Wildman–Crippen MR) is 85.5 cm³/mol. The highest BCUT2D eigenvalue weighted by Crippen LogP contribution is 2.10. The van der Waals surface area contributed by atoms with E-state index in [0.29, 0.717) is 11.3 Å². The molecule has 0 spiro atoms.